The summed E-state index contributed by atoms with van der Waals surface area (Å²) < 4.78 is 11.7. The Kier molecular flexibility index (Phi) is 5.99. The molecule has 4 nitrogen and oxygen atoms in total. The van der Waals surface area contributed by atoms with Crippen LogP contribution in [0.4, 0.5) is 0 Å². The van der Waals surface area contributed by atoms with Gasteiger partial charge in [-0.3, -0.25) is 0 Å². The van der Waals surface area contributed by atoms with Crippen LogP contribution in [-0.4, -0.2) is 11.9 Å². The fraction of sp³-hybridized carbons (Fsp3) is 0.314. The number of carbonyl (C=O) groups is 2. The molecule has 0 atom stereocenters. The number of carbonyl (C=O) groups excluding carboxylic acids is 2. The van der Waals surface area contributed by atoms with Gasteiger partial charge in [0, 0.05) is 0 Å². The average Bonchev–Trinajstić information content (AvgIpc) is 2.95. The maximum absolute atomic E-state index is 13.5. The lowest BCUT2D eigenvalue weighted by molar-refractivity contribution is -0.00624. The molecule has 0 saturated heterocycles. The van der Waals surface area contributed by atoms with E-state index in [-0.39, 0.29) is 18.0 Å². The number of hydrogen-bond donors (Lipinski definition) is 0. The van der Waals surface area contributed by atoms with E-state index in [4.69, 9.17) is 9.47 Å². The standard InChI is InChI=1S/C35H32O4/c36-33(29-11-10-27-8-4-5-9-28(27)17-29)39-30-12-13-31(34(37)38-22-23-6-2-1-3-7-23)32(18-30)35-19-24-14-25(20-35)16-26(15-24)21-35/h1-13,17-18,24-26H,14-16,19-22H2. The van der Waals surface area contributed by atoms with Gasteiger partial charge in [0.2, 0.25) is 0 Å². The Labute approximate surface area is 229 Å². The third kappa shape index (κ3) is 4.63. The zero-order chi connectivity index (χ0) is 26.4. The molecule has 4 saturated carbocycles. The highest BCUT2D eigenvalue weighted by atomic mass is 16.5. The Hall–Kier alpha value is -3.92. The van der Waals surface area contributed by atoms with Gasteiger partial charge < -0.3 is 9.47 Å². The molecule has 0 N–H and O–H groups in total. The highest BCUT2D eigenvalue weighted by Crippen LogP contribution is 2.61. The van der Waals surface area contributed by atoms with Crippen molar-refractivity contribution in [1.82, 2.24) is 0 Å². The predicted octanol–water partition coefficient (Wildman–Crippen LogP) is 7.88. The summed E-state index contributed by atoms with van der Waals surface area (Å²) in [6.45, 7) is 0.235. The fourth-order valence-corrected chi connectivity index (χ4v) is 7.93. The van der Waals surface area contributed by atoms with Crippen LogP contribution in [0.2, 0.25) is 0 Å². The molecule has 4 heteroatoms. The van der Waals surface area contributed by atoms with Crippen molar-refractivity contribution in [3.63, 3.8) is 0 Å². The first kappa shape index (κ1) is 24.1. The van der Waals surface area contributed by atoms with Crippen molar-refractivity contribution in [2.24, 2.45) is 17.8 Å². The van der Waals surface area contributed by atoms with Gasteiger partial charge in [-0.15, -0.1) is 0 Å². The highest BCUT2D eigenvalue weighted by molar-refractivity contribution is 5.97. The molecule has 0 radical (unpaired) electrons. The number of benzene rings is 4. The summed E-state index contributed by atoms with van der Waals surface area (Å²) >= 11 is 0. The molecule has 4 aliphatic rings. The minimum Gasteiger partial charge on any atom is -0.457 e. The van der Waals surface area contributed by atoms with Crippen LogP contribution in [0.3, 0.4) is 0 Å². The number of rotatable bonds is 6. The highest BCUT2D eigenvalue weighted by Gasteiger charge is 2.52. The van der Waals surface area contributed by atoms with Gasteiger partial charge in [0.25, 0.3) is 0 Å². The lowest BCUT2D eigenvalue weighted by atomic mass is 9.47. The van der Waals surface area contributed by atoms with Crippen LogP contribution in [0.25, 0.3) is 10.8 Å². The molecule has 196 valence electrons. The third-order valence-corrected chi connectivity index (χ3v) is 9.23. The monoisotopic (exact) mass is 516 g/mol. The molecule has 0 unspecified atom stereocenters. The second kappa shape index (κ2) is 9.68. The van der Waals surface area contributed by atoms with E-state index >= 15 is 0 Å². The van der Waals surface area contributed by atoms with Crippen molar-refractivity contribution in [2.75, 3.05) is 0 Å². The normalized spacial score (nSPS) is 25.0. The molecule has 0 aliphatic heterocycles. The Morgan fingerprint density at radius 3 is 2.08 bits per heavy atom. The van der Waals surface area contributed by atoms with Crippen LogP contribution in [0.15, 0.2) is 91.0 Å². The summed E-state index contributed by atoms with van der Waals surface area (Å²) in [6, 6.07) is 28.9. The molecule has 8 rings (SSSR count). The second-order valence-corrected chi connectivity index (χ2v) is 11.9. The van der Waals surface area contributed by atoms with Crippen molar-refractivity contribution in [3.8, 4) is 5.75 Å². The van der Waals surface area contributed by atoms with Crippen LogP contribution in [0.5, 0.6) is 5.75 Å². The van der Waals surface area contributed by atoms with E-state index in [1.54, 1.807) is 12.1 Å². The van der Waals surface area contributed by atoms with Gasteiger partial charge >= 0.3 is 11.9 Å². The molecule has 4 bridgehead atoms. The van der Waals surface area contributed by atoms with E-state index in [0.717, 1.165) is 41.2 Å². The summed E-state index contributed by atoms with van der Waals surface area (Å²) in [4.78, 5) is 26.7. The van der Waals surface area contributed by atoms with Gasteiger partial charge in [-0.25, -0.2) is 9.59 Å². The van der Waals surface area contributed by atoms with E-state index in [9.17, 15) is 9.59 Å². The van der Waals surface area contributed by atoms with E-state index in [2.05, 4.69) is 0 Å². The first-order valence-electron chi connectivity index (χ1n) is 14.1. The summed E-state index contributed by atoms with van der Waals surface area (Å²) in [5.74, 6) is 1.93. The maximum atomic E-state index is 13.5. The summed E-state index contributed by atoms with van der Waals surface area (Å²) in [6.07, 6.45) is 7.22. The van der Waals surface area contributed by atoms with E-state index in [1.807, 2.05) is 78.9 Å². The van der Waals surface area contributed by atoms with Crippen LogP contribution in [0, 0.1) is 17.8 Å². The summed E-state index contributed by atoms with van der Waals surface area (Å²) in [7, 11) is 0. The summed E-state index contributed by atoms with van der Waals surface area (Å²) in [5, 5.41) is 2.08. The van der Waals surface area contributed by atoms with Gasteiger partial charge in [-0.05, 0) is 114 Å². The number of hydrogen-bond acceptors (Lipinski definition) is 4. The molecule has 4 aromatic rings. The number of esters is 2. The molecule has 0 heterocycles. The zero-order valence-corrected chi connectivity index (χ0v) is 22.0. The van der Waals surface area contributed by atoms with Crippen molar-refractivity contribution < 1.29 is 19.1 Å². The quantitative estimate of drug-likeness (QED) is 0.193. The lowest BCUT2D eigenvalue weighted by Crippen LogP contribution is -2.49. The van der Waals surface area contributed by atoms with Crippen LogP contribution in [-0.2, 0) is 16.8 Å². The van der Waals surface area contributed by atoms with Gasteiger partial charge in [-0.2, -0.15) is 0 Å². The Morgan fingerprint density at radius 2 is 1.36 bits per heavy atom. The van der Waals surface area contributed by atoms with Gasteiger partial charge in [0.1, 0.15) is 12.4 Å². The summed E-state index contributed by atoms with van der Waals surface area (Å²) in [5.41, 5.74) is 3.03. The topological polar surface area (TPSA) is 52.6 Å². The van der Waals surface area contributed by atoms with Crippen LogP contribution < -0.4 is 4.74 Å². The SMILES string of the molecule is O=C(Oc1ccc(C(=O)OCc2ccccc2)c(C23CC4CC(CC(C4)C2)C3)c1)c1ccc2ccccc2c1. The molecular weight excluding hydrogens is 484 g/mol. The second-order valence-electron chi connectivity index (χ2n) is 11.9. The van der Waals surface area contributed by atoms with Crippen LogP contribution in [0.1, 0.15) is 70.4 Å². The predicted molar refractivity (Wildman–Crippen MR) is 151 cm³/mol. The molecule has 4 aliphatic carbocycles. The fourth-order valence-electron chi connectivity index (χ4n) is 7.93. The Bertz CT molecular complexity index is 1520. The Morgan fingerprint density at radius 1 is 0.692 bits per heavy atom. The Balaban J connectivity index is 1.20. The maximum Gasteiger partial charge on any atom is 0.343 e. The van der Waals surface area contributed by atoms with Crippen LogP contribution >= 0.6 is 0 Å². The smallest absolute Gasteiger partial charge is 0.343 e. The minimum absolute atomic E-state index is 0.0543. The van der Waals surface area contributed by atoms with Gasteiger partial charge in [0.15, 0.2) is 0 Å². The van der Waals surface area contributed by atoms with E-state index < -0.39 is 5.97 Å². The first-order chi connectivity index (χ1) is 19.0. The number of fused-ring (bicyclic) bond motifs is 1. The third-order valence-electron chi connectivity index (χ3n) is 9.23. The first-order valence-corrected chi connectivity index (χ1v) is 14.1. The molecular formula is C35H32O4. The van der Waals surface area contributed by atoms with Crippen molar-refractivity contribution in [2.45, 2.75) is 50.5 Å². The number of ether oxygens (including phenoxy) is 2. The zero-order valence-electron chi connectivity index (χ0n) is 22.0. The molecule has 4 fully saturated rings. The van der Waals surface area contributed by atoms with Crippen molar-refractivity contribution >= 4 is 22.7 Å². The molecule has 39 heavy (non-hydrogen) atoms. The molecule has 0 spiro atoms. The molecule has 0 amide bonds. The largest absolute Gasteiger partial charge is 0.457 e. The van der Waals surface area contributed by atoms with E-state index in [0.29, 0.717) is 34.6 Å². The van der Waals surface area contributed by atoms with Gasteiger partial charge in [0.05, 0.1) is 11.1 Å². The van der Waals surface area contributed by atoms with E-state index in [1.165, 1.54) is 19.3 Å². The van der Waals surface area contributed by atoms with Crippen molar-refractivity contribution in [3.05, 3.63) is 113 Å². The average molecular weight is 517 g/mol. The van der Waals surface area contributed by atoms with Crippen molar-refractivity contribution in [1.29, 1.82) is 0 Å². The molecule has 4 aromatic carbocycles. The lowest BCUT2D eigenvalue weighted by Gasteiger charge is -2.57. The molecule has 0 aromatic heterocycles. The van der Waals surface area contributed by atoms with Gasteiger partial charge in [-0.1, -0.05) is 60.7 Å². The minimum atomic E-state index is -0.392.